The maximum absolute atomic E-state index is 13.3. The first kappa shape index (κ1) is 20.9. The Morgan fingerprint density at radius 2 is 1.74 bits per heavy atom. The van der Waals surface area contributed by atoms with E-state index in [1.54, 1.807) is 57.1 Å². The van der Waals surface area contributed by atoms with Crippen molar-refractivity contribution in [3.05, 3.63) is 64.0 Å². The van der Waals surface area contributed by atoms with Gasteiger partial charge in [-0.3, -0.25) is 4.79 Å². The van der Waals surface area contributed by atoms with Crippen LogP contribution in [0.25, 0.3) is 0 Å². The molecule has 1 amide bonds. The second-order valence-electron chi connectivity index (χ2n) is 7.09. The molecule has 0 saturated carbocycles. The summed E-state index contributed by atoms with van der Waals surface area (Å²) in [4.78, 5) is 19.2. The lowest BCUT2D eigenvalue weighted by Crippen LogP contribution is -2.14. The minimum Gasteiger partial charge on any atom is -0.497 e. The molecule has 6 nitrogen and oxygen atoms in total. The average Bonchev–Trinajstić information content (AvgIpc) is 3.39. The Bertz CT molecular complexity index is 1120. The molecule has 4 rings (SSSR count). The van der Waals surface area contributed by atoms with Crippen LogP contribution in [-0.4, -0.2) is 33.5 Å². The van der Waals surface area contributed by atoms with Crippen molar-refractivity contribution >= 4 is 34.1 Å². The van der Waals surface area contributed by atoms with Crippen molar-refractivity contribution in [3.63, 3.8) is 0 Å². The largest absolute Gasteiger partial charge is 0.497 e. The molecular weight excluding hydrogens is 412 g/mol. The van der Waals surface area contributed by atoms with E-state index >= 15 is 0 Å². The van der Waals surface area contributed by atoms with E-state index in [0.717, 1.165) is 41.1 Å². The molecule has 3 aromatic rings. The summed E-state index contributed by atoms with van der Waals surface area (Å²) in [5.41, 5.74) is 3.30. The van der Waals surface area contributed by atoms with E-state index in [1.165, 1.54) is 4.88 Å². The topological polar surface area (TPSA) is 69.2 Å². The molecule has 0 spiro atoms. The predicted molar refractivity (Wildman–Crippen MR) is 124 cm³/mol. The third kappa shape index (κ3) is 4.41. The Balaban J connectivity index is 1.63. The van der Waals surface area contributed by atoms with E-state index in [-0.39, 0.29) is 5.91 Å². The van der Waals surface area contributed by atoms with Gasteiger partial charge in [0.25, 0.3) is 5.91 Å². The maximum atomic E-state index is 13.3. The van der Waals surface area contributed by atoms with Gasteiger partial charge in [-0.25, -0.2) is 4.99 Å². The number of thiophene rings is 1. The second kappa shape index (κ2) is 9.22. The first-order chi connectivity index (χ1) is 15.1. The van der Waals surface area contributed by atoms with Crippen LogP contribution in [0.15, 0.2) is 47.5 Å². The highest BCUT2D eigenvalue weighted by molar-refractivity contribution is 7.16. The van der Waals surface area contributed by atoms with Crippen molar-refractivity contribution in [2.45, 2.75) is 19.3 Å². The molecule has 1 heterocycles. The first-order valence-electron chi connectivity index (χ1n) is 9.99. The fourth-order valence-corrected chi connectivity index (χ4v) is 4.86. The zero-order valence-corrected chi connectivity index (χ0v) is 18.5. The van der Waals surface area contributed by atoms with Gasteiger partial charge in [-0.2, -0.15) is 0 Å². The number of nitrogens with zero attached hydrogens (tertiary/aromatic N) is 1. The smallest absolute Gasteiger partial charge is 0.259 e. The minimum absolute atomic E-state index is 0.176. The number of aliphatic imine (C=N–C) groups is 1. The van der Waals surface area contributed by atoms with Crippen molar-refractivity contribution in [2.75, 3.05) is 26.6 Å². The van der Waals surface area contributed by atoms with Crippen molar-refractivity contribution in [2.24, 2.45) is 4.99 Å². The fraction of sp³-hybridized carbons (Fsp3) is 0.250. The van der Waals surface area contributed by atoms with E-state index in [0.29, 0.717) is 22.7 Å². The summed E-state index contributed by atoms with van der Waals surface area (Å²) in [5.74, 6) is 1.82. The molecular formula is C24H24N2O4S. The van der Waals surface area contributed by atoms with E-state index < -0.39 is 0 Å². The van der Waals surface area contributed by atoms with E-state index in [4.69, 9.17) is 14.2 Å². The van der Waals surface area contributed by atoms with Gasteiger partial charge in [0, 0.05) is 17.2 Å². The first-order valence-corrected chi connectivity index (χ1v) is 10.8. The van der Waals surface area contributed by atoms with Gasteiger partial charge in [0.1, 0.15) is 22.2 Å². The number of hydrogen-bond donors (Lipinski definition) is 1. The summed E-state index contributed by atoms with van der Waals surface area (Å²) >= 11 is 1.60. The number of benzene rings is 2. The van der Waals surface area contributed by atoms with Gasteiger partial charge in [-0.05, 0) is 66.8 Å². The molecule has 0 radical (unpaired) electrons. The van der Waals surface area contributed by atoms with Crippen molar-refractivity contribution in [3.8, 4) is 17.2 Å². The summed E-state index contributed by atoms with van der Waals surface area (Å²) in [6.45, 7) is 0. The molecule has 0 saturated heterocycles. The Morgan fingerprint density at radius 1 is 1.00 bits per heavy atom. The van der Waals surface area contributed by atoms with Crippen molar-refractivity contribution < 1.29 is 19.0 Å². The molecule has 160 valence electrons. The number of fused-ring (bicyclic) bond motifs is 1. The van der Waals surface area contributed by atoms with Gasteiger partial charge < -0.3 is 19.5 Å². The van der Waals surface area contributed by atoms with Gasteiger partial charge >= 0.3 is 0 Å². The third-order valence-electron chi connectivity index (χ3n) is 5.23. The molecule has 1 aromatic heterocycles. The average molecular weight is 437 g/mol. The van der Waals surface area contributed by atoms with E-state index in [1.807, 2.05) is 24.3 Å². The standard InChI is InChI=1S/C24H24N2O4S/c1-28-16-9-7-15(8-10-16)14-25-24-22(18-5-4-6-21(18)31-24)23(27)26-19-12-11-17(29-2)13-20(19)30-3/h7-14H,4-6H2,1-3H3,(H,26,27)/b25-14+. The van der Waals surface area contributed by atoms with Crippen LogP contribution in [0.1, 0.15) is 32.8 Å². The second-order valence-corrected chi connectivity index (χ2v) is 8.17. The molecule has 1 N–H and O–H groups in total. The summed E-state index contributed by atoms with van der Waals surface area (Å²) in [7, 11) is 4.80. The number of carbonyl (C=O) groups is 1. The zero-order chi connectivity index (χ0) is 21.8. The number of amides is 1. The maximum Gasteiger partial charge on any atom is 0.259 e. The Hall–Kier alpha value is -3.32. The van der Waals surface area contributed by atoms with E-state index in [2.05, 4.69) is 10.3 Å². The Morgan fingerprint density at radius 3 is 2.45 bits per heavy atom. The fourth-order valence-electron chi connectivity index (χ4n) is 3.62. The molecule has 0 unspecified atom stereocenters. The van der Waals surface area contributed by atoms with Crippen LogP contribution in [0.2, 0.25) is 0 Å². The predicted octanol–water partition coefficient (Wildman–Crippen LogP) is 5.27. The number of carbonyl (C=O) groups excluding carboxylic acids is 1. The molecule has 2 aromatic carbocycles. The number of anilines is 1. The van der Waals surface area contributed by atoms with Crippen LogP contribution in [0.5, 0.6) is 17.2 Å². The lowest BCUT2D eigenvalue weighted by atomic mass is 10.1. The number of nitrogens with one attached hydrogen (secondary N) is 1. The quantitative estimate of drug-likeness (QED) is 0.513. The van der Waals surface area contributed by atoms with Crippen LogP contribution in [-0.2, 0) is 12.8 Å². The number of hydrogen-bond acceptors (Lipinski definition) is 6. The van der Waals surface area contributed by atoms with Crippen LogP contribution < -0.4 is 19.5 Å². The Kier molecular flexibility index (Phi) is 6.23. The molecule has 0 aliphatic heterocycles. The summed E-state index contributed by atoms with van der Waals surface area (Å²) in [6, 6.07) is 13.0. The highest BCUT2D eigenvalue weighted by atomic mass is 32.1. The summed E-state index contributed by atoms with van der Waals surface area (Å²) < 4.78 is 15.9. The van der Waals surface area contributed by atoms with Gasteiger partial charge in [-0.15, -0.1) is 11.3 Å². The lowest BCUT2D eigenvalue weighted by Gasteiger charge is -2.12. The van der Waals surface area contributed by atoms with Crippen molar-refractivity contribution in [1.82, 2.24) is 0 Å². The molecule has 0 atom stereocenters. The van der Waals surface area contributed by atoms with Crippen LogP contribution in [0.3, 0.4) is 0 Å². The third-order valence-corrected chi connectivity index (χ3v) is 6.43. The summed E-state index contributed by atoms with van der Waals surface area (Å²) in [5, 5.41) is 3.72. The van der Waals surface area contributed by atoms with Gasteiger partial charge in [0.2, 0.25) is 0 Å². The molecule has 7 heteroatoms. The van der Waals surface area contributed by atoms with Gasteiger partial charge in [0.15, 0.2) is 0 Å². The number of ether oxygens (including phenoxy) is 3. The minimum atomic E-state index is -0.176. The molecule has 1 aliphatic rings. The van der Waals surface area contributed by atoms with Crippen molar-refractivity contribution in [1.29, 1.82) is 0 Å². The summed E-state index contributed by atoms with van der Waals surface area (Å²) in [6.07, 6.45) is 4.73. The number of methoxy groups -OCH3 is 3. The zero-order valence-electron chi connectivity index (χ0n) is 17.7. The lowest BCUT2D eigenvalue weighted by molar-refractivity contribution is 0.102. The molecule has 1 aliphatic carbocycles. The Labute approximate surface area is 185 Å². The highest BCUT2D eigenvalue weighted by Gasteiger charge is 2.27. The van der Waals surface area contributed by atoms with Gasteiger partial charge in [0.05, 0.1) is 32.6 Å². The van der Waals surface area contributed by atoms with Crippen LogP contribution in [0.4, 0.5) is 10.7 Å². The van der Waals surface area contributed by atoms with Gasteiger partial charge in [-0.1, -0.05) is 0 Å². The van der Waals surface area contributed by atoms with Crippen LogP contribution in [0, 0.1) is 0 Å². The molecule has 0 bridgehead atoms. The van der Waals surface area contributed by atoms with Crippen LogP contribution >= 0.6 is 11.3 Å². The monoisotopic (exact) mass is 436 g/mol. The number of rotatable bonds is 7. The SMILES string of the molecule is COc1ccc(/C=N/c2sc3c(c2C(=O)Nc2ccc(OC)cc2OC)CCC3)cc1. The molecule has 31 heavy (non-hydrogen) atoms. The van der Waals surface area contributed by atoms with E-state index in [9.17, 15) is 4.79 Å². The normalized spacial score (nSPS) is 12.6. The number of aryl methyl sites for hydroxylation is 1. The molecule has 0 fully saturated rings. The highest BCUT2D eigenvalue weighted by Crippen LogP contribution is 2.41.